The number of nitrogens with one attached hydrogen (secondary N) is 1. The van der Waals surface area contributed by atoms with Crippen LogP contribution in [0.15, 0.2) is 0 Å². The largest absolute Gasteiger partial charge is 0.336 e. The number of likely N-dealkylation sites (N-methyl/N-ethyl adjacent to an activating group) is 1. The second kappa shape index (κ2) is 9.62. The zero-order valence-electron chi connectivity index (χ0n) is 16.3. The molecule has 2 aliphatic rings. The van der Waals surface area contributed by atoms with Crippen LogP contribution >= 0.6 is 0 Å². The van der Waals surface area contributed by atoms with Gasteiger partial charge in [-0.15, -0.1) is 0 Å². The minimum atomic E-state index is 0.127. The van der Waals surface area contributed by atoms with Gasteiger partial charge in [-0.2, -0.15) is 0 Å². The molecule has 1 heterocycles. The summed E-state index contributed by atoms with van der Waals surface area (Å²) in [6, 6.07) is 0.571. The number of carbonyl (C=O) groups is 1. The van der Waals surface area contributed by atoms with E-state index in [-0.39, 0.29) is 6.03 Å². The van der Waals surface area contributed by atoms with Gasteiger partial charge < -0.3 is 10.2 Å². The third-order valence-corrected chi connectivity index (χ3v) is 5.43. The van der Waals surface area contributed by atoms with E-state index in [1.54, 1.807) is 0 Å². The molecule has 140 valence electrons. The van der Waals surface area contributed by atoms with E-state index in [1.807, 2.05) is 4.90 Å². The molecule has 1 aliphatic heterocycles. The summed E-state index contributed by atoms with van der Waals surface area (Å²) in [7, 11) is 0. The highest BCUT2D eigenvalue weighted by molar-refractivity contribution is 5.74. The van der Waals surface area contributed by atoms with Gasteiger partial charge in [-0.25, -0.2) is 4.79 Å². The lowest BCUT2D eigenvalue weighted by Gasteiger charge is -2.36. The smallest absolute Gasteiger partial charge is 0.317 e. The molecule has 1 N–H and O–H groups in total. The minimum Gasteiger partial charge on any atom is -0.336 e. The van der Waals surface area contributed by atoms with Gasteiger partial charge in [-0.3, -0.25) is 9.80 Å². The van der Waals surface area contributed by atoms with E-state index in [9.17, 15) is 4.79 Å². The fourth-order valence-corrected chi connectivity index (χ4v) is 3.76. The molecule has 0 aromatic heterocycles. The van der Waals surface area contributed by atoms with Gasteiger partial charge in [0.1, 0.15) is 0 Å². The molecule has 0 radical (unpaired) electrons. The van der Waals surface area contributed by atoms with E-state index in [1.165, 1.54) is 19.4 Å². The van der Waals surface area contributed by atoms with Gasteiger partial charge in [0.15, 0.2) is 0 Å². The summed E-state index contributed by atoms with van der Waals surface area (Å²) < 4.78 is 0. The number of nitrogens with zero attached hydrogens (tertiary/aromatic N) is 3. The first kappa shape index (κ1) is 19.5. The van der Waals surface area contributed by atoms with Crippen LogP contribution in [0.4, 0.5) is 4.79 Å². The van der Waals surface area contributed by atoms with Crippen molar-refractivity contribution in [3.8, 4) is 0 Å². The Balaban J connectivity index is 1.73. The topological polar surface area (TPSA) is 38.8 Å². The van der Waals surface area contributed by atoms with Crippen molar-refractivity contribution in [3.63, 3.8) is 0 Å². The summed E-state index contributed by atoms with van der Waals surface area (Å²) in [5, 5.41) is 3.20. The van der Waals surface area contributed by atoms with E-state index in [2.05, 4.69) is 42.8 Å². The number of hydrogen-bond acceptors (Lipinski definition) is 3. The predicted octanol–water partition coefficient (Wildman–Crippen LogP) is 2.48. The highest BCUT2D eigenvalue weighted by Gasteiger charge is 2.28. The van der Waals surface area contributed by atoms with Crippen molar-refractivity contribution < 1.29 is 4.79 Å². The van der Waals surface area contributed by atoms with Gasteiger partial charge in [-0.05, 0) is 44.2 Å². The maximum Gasteiger partial charge on any atom is 0.317 e. The van der Waals surface area contributed by atoms with Crippen LogP contribution in [0.5, 0.6) is 0 Å². The molecular formula is C19H38N4O. The zero-order valence-corrected chi connectivity index (χ0v) is 16.3. The second-order valence-corrected chi connectivity index (χ2v) is 7.92. The summed E-state index contributed by atoms with van der Waals surface area (Å²) in [5.41, 5.74) is 0. The molecule has 0 aromatic carbocycles. The molecule has 0 aromatic rings. The van der Waals surface area contributed by atoms with Gasteiger partial charge in [0.2, 0.25) is 0 Å². The molecule has 2 fully saturated rings. The van der Waals surface area contributed by atoms with E-state index in [4.69, 9.17) is 0 Å². The van der Waals surface area contributed by atoms with Crippen LogP contribution in [0.3, 0.4) is 0 Å². The van der Waals surface area contributed by atoms with Crippen molar-refractivity contribution in [2.75, 3.05) is 52.4 Å². The number of rotatable bonds is 9. The number of amides is 2. The molecule has 0 bridgehead atoms. The Kier molecular flexibility index (Phi) is 7.82. The molecule has 1 aliphatic carbocycles. The van der Waals surface area contributed by atoms with Crippen molar-refractivity contribution in [2.24, 2.45) is 11.8 Å². The molecular weight excluding hydrogens is 300 g/mol. The third kappa shape index (κ3) is 6.25. The lowest BCUT2D eigenvalue weighted by atomic mass is 10.0. The van der Waals surface area contributed by atoms with Gasteiger partial charge in [0, 0.05) is 45.3 Å². The molecule has 2 amide bonds. The van der Waals surface area contributed by atoms with Crippen molar-refractivity contribution in [1.29, 1.82) is 0 Å². The Bertz CT molecular complexity index is 372. The number of urea groups is 1. The fourth-order valence-electron chi connectivity index (χ4n) is 3.76. The molecule has 5 nitrogen and oxygen atoms in total. The summed E-state index contributed by atoms with van der Waals surface area (Å²) in [6.07, 6.45) is 3.95. The normalized spacial score (nSPS) is 20.7. The molecule has 0 spiro atoms. The first-order valence-electron chi connectivity index (χ1n) is 10.0. The average molecular weight is 339 g/mol. The van der Waals surface area contributed by atoms with Crippen LogP contribution in [0.2, 0.25) is 0 Å². The van der Waals surface area contributed by atoms with E-state index >= 15 is 0 Å². The van der Waals surface area contributed by atoms with Gasteiger partial charge in [0.25, 0.3) is 0 Å². The Labute approximate surface area is 148 Å². The molecule has 5 heteroatoms. The van der Waals surface area contributed by atoms with Gasteiger partial charge in [0.05, 0.1) is 0 Å². The maximum absolute atomic E-state index is 12.5. The predicted molar refractivity (Wildman–Crippen MR) is 100 cm³/mol. The zero-order chi connectivity index (χ0) is 17.5. The van der Waals surface area contributed by atoms with Crippen LogP contribution in [0, 0.1) is 11.8 Å². The lowest BCUT2D eigenvalue weighted by Crippen LogP contribution is -2.54. The maximum atomic E-state index is 12.5. The van der Waals surface area contributed by atoms with Crippen LogP contribution in [-0.4, -0.2) is 79.1 Å². The van der Waals surface area contributed by atoms with Crippen molar-refractivity contribution in [1.82, 2.24) is 20.0 Å². The summed E-state index contributed by atoms with van der Waals surface area (Å²) in [6.45, 7) is 16.9. The second-order valence-electron chi connectivity index (χ2n) is 7.92. The Morgan fingerprint density at radius 3 is 2.25 bits per heavy atom. The first-order chi connectivity index (χ1) is 11.5. The van der Waals surface area contributed by atoms with E-state index in [0.717, 1.165) is 58.2 Å². The molecule has 1 unspecified atom stereocenters. The van der Waals surface area contributed by atoms with Crippen molar-refractivity contribution in [2.45, 2.75) is 53.0 Å². The Morgan fingerprint density at radius 1 is 1.12 bits per heavy atom. The van der Waals surface area contributed by atoms with E-state index in [0.29, 0.717) is 12.0 Å². The lowest BCUT2D eigenvalue weighted by molar-refractivity contribution is 0.131. The molecule has 1 saturated carbocycles. The van der Waals surface area contributed by atoms with Gasteiger partial charge in [-0.1, -0.05) is 27.7 Å². The van der Waals surface area contributed by atoms with Crippen molar-refractivity contribution >= 4 is 6.03 Å². The molecule has 1 saturated heterocycles. The quantitative estimate of drug-likeness (QED) is 0.702. The van der Waals surface area contributed by atoms with Crippen LogP contribution in [0.1, 0.15) is 47.0 Å². The number of carbonyl (C=O) groups excluding carboxylic acids is 1. The van der Waals surface area contributed by atoms with Crippen LogP contribution < -0.4 is 5.32 Å². The Hall–Kier alpha value is -0.810. The highest BCUT2D eigenvalue weighted by atomic mass is 16.2. The highest BCUT2D eigenvalue weighted by Crippen LogP contribution is 2.29. The molecule has 24 heavy (non-hydrogen) atoms. The van der Waals surface area contributed by atoms with Crippen molar-refractivity contribution in [3.05, 3.63) is 0 Å². The van der Waals surface area contributed by atoms with Crippen LogP contribution in [-0.2, 0) is 0 Å². The Morgan fingerprint density at radius 2 is 1.75 bits per heavy atom. The standard InChI is InChI=1S/C19H38N4O/c1-5-22(6-2)18(13-16(3)4)14-20-19(24)23-11-9-21(10-12-23)15-17-7-8-17/h16-18H,5-15H2,1-4H3,(H,20,24). The molecule has 1 atom stereocenters. The first-order valence-corrected chi connectivity index (χ1v) is 10.0. The number of hydrogen-bond donors (Lipinski definition) is 1. The van der Waals surface area contributed by atoms with Crippen LogP contribution in [0.25, 0.3) is 0 Å². The summed E-state index contributed by atoms with van der Waals surface area (Å²) in [4.78, 5) is 19.5. The average Bonchev–Trinajstić information content (AvgIpc) is 3.37. The number of piperazine rings is 1. The SMILES string of the molecule is CCN(CC)C(CNC(=O)N1CCN(CC2CC2)CC1)CC(C)C. The fraction of sp³-hybridized carbons (Fsp3) is 0.947. The minimum absolute atomic E-state index is 0.127. The third-order valence-electron chi connectivity index (χ3n) is 5.43. The molecule has 2 rings (SSSR count). The summed E-state index contributed by atoms with van der Waals surface area (Å²) >= 11 is 0. The monoisotopic (exact) mass is 338 g/mol. The van der Waals surface area contributed by atoms with Gasteiger partial charge >= 0.3 is 6.03 Å². The summed E-state index contributed by atoms with van der Waals surface area (Å²) in [5.74, 6) is 1.59. The van der Waals surface area contributed by atoms with E-state index < -0.39 is 0 Å².